The summed E-state index contributed by atoms with van der Waals surface area (Å²) in [5.74, 6) is 1.24. The fraction of sp³-hybridized carbons (Fsp3) is 0.150. The van der Waals surface area contributed by atoms with Crippen molar-refractivity contribution in [3.63, 3.8) is 0 Å². The second-order valence-electron chi connectivity index (χ2n) is 5.79. The predicted molar refractivity (Wildman–Crippen MR) is 98.6 cm³/mol. The lowest BCUT2D eigenvalue weighted by molar-refractivity contribution is 0.339. The lowest BCUT2D eigenvalue weighted by Crippen LogP contribution is -1.98. The smallest absolute Gasteiger partial charge is 0.336 e. The van der Waals surface area contributed by atoms with Crippen molar-refractivity contribution in [1.82, 2.24) is 0 Å². The van der Waals surface area contributed by atoms with Crippen molar-refractivity contribution in [2.75, 3.05) is 6.61 Å². The average Bonchev–Trinajstić information content (AvgIpc) is 3.01. The molecule has 0 amide bonds. The van der Waals surface area contributed by atoms with Gasteiger partial charge < -0.3 is 13.6 Å². The Hall–Kier alpha value is -2.72. The third-order valence-corrected chi connectivity index (χ3v) is 4.50. The van der Waals surface area contributed by atoms with E-state index in [2.05, 4.69) is 0 Å². The molecule has 4 nitrogen and oxygen atoms in total. The summed E-state index contributed by atoms with van der Waals surface area (Å²) in [6.07, 6.45) is 0. The van der Waals surface area contributed by atoms with Gasteiger partial charge in [0.15, 0.2) is 11.3 Å². The largest absolute Gasteiger partial charge is 0.490 e. The van der Waals surface area contributed by atoms with Crippen LogP contribution in [0.4, 0.5) is 0 Å². The topological polar surface area (TPSA) is 52.6 Å². The third kappa shape index (κ3) is 2.68. The first-order valence-corrected chi connectivity index (χ1v) is 8.34. The summed E-state index contributed by atoms with van der Waals surface area (Å²) in [7, 11) is 0. The molecular formula is C20H15ClO4. The maximum absolute atomic E-state index is 12.0. The van der Waals surface area contributed by atoms with Gasteiger partial charge in [0.1, 0.15) is 11.3 Å². The van der Waals surface area contributed by atoms with Crippen molar-refractivity contribution in [2.45, 2.75) is 13.8 Å². The molecule has 4 aromatic rings. The van der Waals surface area contributed by atoms with Crippen molar-refractivity contribution in [3.8, 4) is 17.1 Å². The highest BCUT2D eigenvalue weighted by molar-refractivity contribution is 6.32. The molecule has 5 heteroatoms. The molecule has 25 heavy (non-hydrogen) atoms. The molecule has 2 aromatic heterocycles. The van der Waals surface area contributed by atoms with E-state index in [4.69, 9.17) is 25.2 Å². The van der Waals surface area contributed by atoms with Crippen LogP contribution in [0.1, 0.15) is 12.5 Å². The van der Waals surface area contributed by atoms with Crippen molar-refractivity contribution < 1.29 is 13.6 Å². The predicted octanol–water partition coefficient (Wildman–Crippen LogP) is 5.57. The van der Waals surface area contributed by atoms with E-state index in [-0.39, 0.29) is 0 Å². The lowest BCUT2D eigenvalue weighted by atomic mass is 10.1. The summed E-state index contributed by atoms with van der Waals surface area (Å²) >= 11 is 6.26. The minimum atomic E-state index is -0.435. The molecule has 0 aliphatic carbocycles. The van der Waals surface area contributed by atoms with E-state index in [1.54, 1.807) is 12.1 Å². The zero-order chi connectivity index (χ0) is 17.6. The Morgan fingerprint density at radius 2 is 1.96 bits per heavy atom. The van der Waals surface area contributed by atoms with Crippen molar-refractivity contribution in [1.29, 1.82) is 0 Å². The Morgan fingerprint density at radius 1 is 1.12 bits per heavy atom. The minimum absolute atomic E-state index is 0.435. The lowest BCUT2D eigenvalue weighted by Gasteiger charge is -2.05. The van der Waals surface area contributed by atoms with Crippen molar-refractivity contribution >= 4 is 33.5 Å². The van der Waals surface area contributed by atoms with Crippen LogP contribution in [-0.4, -0.2) is 6.61 Å². The second-order valence-corrected chi connectivity index (χ2v) is 6.20. The maximum Gasteiger partial charge on any atom is 0.336 e. The fourth-order valence-electron chi connectivity index (χ4n) is 2.93. The van der Waals surface area contributed by atoms with Gasteiger partial charge in [0.25, 0.3) is 0 Å². The van der Waals surface area contributed by atoms with Gasteiger partial charge in [-0.3, -0.25) is 0 Å². The van der Waals surface area contributed by atoms with Gasteiger partial charge in [-0.2, -0.15) is 0 Å². The number of aryl methyl sites for hydroxylation is 1. The van der Waals surface area contributed by atoms with Crippen LogP contribution in [0.2, 0.25) is 5.02 Å². The van der Waals surface area contributed by atoms with Crippen LogP contribution in [0.25, 0.3) is 33.3 Å². The monoisotopic (exact) mass is 354 g/mol. The van der Waals surface area contributed by atoms with Crippen LogP contribution in [-0.2, 0) is 0 Å². The van der Waals surface area contributed by atoms with Crippen LogP contribution in [0.5, 0.6) is 5.75 Å². The van der Waals surface area contributed by atoms with Gasteiger partial charge in [-0.1, -0.05) is 23.7 Å². The Kier molecular flexibility index (Phi) is 3.77. The molecule has 0 radical (unpaired) electrons. The first-order chi connectivity index (χ1) is 12.1. The Balaban J connectivity index is 2.01. The summed E-state index contributed by atoms with van der Waals surface area (Å²) in [4.78, 5) is 12.0. The van der Waals surface area contributed by atoms with Crippen LogP contribution < -0.4 is 10.4 Å². The number of hydrogen-bond donors (Lipinski definition) is 0. The highest BCUT2D eigenvalue weighted by atomic mass is 35.5. The SMILES string of the molecule is CCOc1cccc2cc(-c3cc(=O)oc4cc(C)c(Cl)cc34)oc12. The number of para-hydroxylation sites is 1. The average molecular weight is 355 g/mol. The molecule has 0 N–H and O–H groups in total. The van der Waals surface area contributed by atoms with E-state index in [0.29, 0.717) is 39.9 Å². The number of fused-ring (bicyclic) bond motifs is 2. The first-order valence-electron chi connectivity index (χ1n) is 7.96. The second kappa shape index (κ2) is 5.97. The molecular weight excluding hydrogens is 340 g/mol. The molecule has 0 fully saturated rings. The summed E-state index contributed by atoms with van der Waals surface area (Å²) in [6.45, 7) is 4.33. The number of benzene rings is 2. The molecule has 2 heterocycles. The number of furan rings is 1. The molecule has 0 bridgehead atoms. The Bertz CT molecular complexity index is 1150. The minimum Gasteiger partial charge on any atom is -0.490 e. The Morgan fingerprint density at radius 3 is 2.76 bits per heavy atom. The van der Waals surface area contributed by atoms with Crippen LogP contribution in [0.15, 0.2) is 56.1 Å². The molecule has 0 atom stereocenters. The molecule has 0 saturated heterocycles. The van der Waals surface area contributed by atoms with Crippen LogP contribution in [0, 0.1) is 6.92 Å². The van der Waals surface area contributed by atoms with Gasteiger partial charge in [-0.15, -0.1) is 0 Å². The number of rotatable bonds is 3. The Labute approximate surface area is 148 Å². The van der Waals surface area contributed by atoms with E-state index < -0.39 is 5.63 Å². The molecule has 0 unspecified atom stereocenters. The normalized spacial score (nSPS) is 11.3. The zero-order valence-electron chi connectivity index (χ0n) is 13.8. The van der Waals surface area contributed by atoms with Crippen molar-refractivity contribution in [2.24, 2.45) is 0 Å². The van der Waals surface area contributed by atoms with E-state index in [1.807, 2.05) is 38.1 Å². The van der Waals surface area contributed by atoms with E-state index in [0.717, 1.165) is 16.3 Å². The van der Waals surface area contributed by atoms with E-state index in [9.17, 15) is 4.79 Å². The summed E-state index contributed by atoms with van der Waals surface area (Å²) in [6, 6.07) is 12.6. The van der Waals surface area contributed by atoms with E-state index in [1.165, 1.54) is 6.07 Å². The highest BCUT2D eigenvalue weighted by Gasteiger charge is 2.15. The van der Waals surface area contributed by atoms with Gasteiger partial charge in [0.2, 0.25) is 0 Å². The van der Waals surface area contributed by atoms with Gasteiger partial charge in [0, 0.05) is 27.4 Å². The summed E-state index contributed by atoms with van der Waals surface area (Å²) in [5.41, 5.74) is 2.19. The molecule has 2 aromatic carbocycles. The standard InChI is InChI=1S/C20H15ClO4/c1-3-23-16-6-4-5-12-8-18(25-20(12)16)14-10-19(22)24-17-7-11(2)15(21)9-13(14)17/h4-10H,3H2,1-2H3. The van der Waals surface area contributed by atoms with Crippen LogP contribution in [0.3, 0.4) is 0 Å². The van der Waals surface area contributed by atoms with E-state index >= 15 is 0 Å². The summed E-state index contributed by atoms with van der Waals surface area (Å²) < 4.78 is 17.0. The third-order valence-electron chi connectivity index (χ3n) is 4.10. The number of hydrogen-bond acceptors (Lipinski definition) is 4. The molecule has 4 rings (SSSR count). The van der Waals surface area contributed by atoms with Crippen LogP contribution >= 0.6 is 11.6 Å². The van der Waals surface area contributed by atoms with Crippen molar-refractivity contribution in [3.05, 3.63) is 63.5 Å². The molecule has 126 valence electrons. The van der Waals surface area contributed by atoms with Gasteiger partial charge in [-0.25, -0.2) is 4.79 Å². The molecule has 0 saturated carbocycles. The highest BCUT2D eigenvalue weighted by Crippen LogP contribution is 2.37. The van der Waals surface area contributed by atoms with Gasteiger partial charge >= 0.3 is 5.63 Å². The summed E-state index contributed by atoms with van der Waals surface area (Å²) in [5, 5.41) is 2.24. The van der Waals surface area contributed by atoms with Gasteiger partial charge in [-0.05, 0) is 43.7 Å². The molecule has 0 spiro atoms. The zero-order valence-corrected chi connectivity index (χ0v) is 14.5. The molecule has 0 aliphatic heterocycles. The van der Waals surface area contributed by atoms with Gasteiger partial charge in [0.05, 0.1) is 6.61 Å². The first kappa shape index (κ1) is 15.8. The number of ether oxygens (including phenoxy) is 1. The number of halogens is 1. The quantitative estimate of drug-likeness (QED) is 0.451. The fourth-order valence-corrected chi connectivity index (χ4v) is 3.09. The molecule has 0 aliphatic rings. The maximum atomic E-state index is 12.0.